The molecule has 1 aromatic rings. The van der Waals surface area contributed by atoms with Crippen LogP contribution in [0.1, 0.15) is 40.2 Å². The minimum Gasteiger partial charge on any atom is -0.388 e. The molecule has 0 spiro atoms. The van der Waals surface area contributed by atoms with Crippen molar-refractivity contribution in [2.75, 3.05) is 6.54 Å². The van der Waals surface area contributed by atoms with Crippen LogP contribution in [0.3, 0.4) is 0 Å². The molecule has 0 radical (unpaired) electrons. The van der Waals surface area contributed by atoms with E-state index in [-0.39, 0.29) is 13.2 Å². The fourth-order valence-electron chi connectivity index (χ4n) is 5.77. The van der Waals surface area contributed by atoms with E-state index < -0.39 is 84.9 Å². The third kappa shape index (κ3) is 6.57. The number of rotatable bonds is 8. The SMILES string of the molecule is CC(=O)N[C@H]1[C@@H](OCc2ccccc2)O[C@H](CNC(C#N)[C@H]2O[C@@H]3OC(C)(C)O[C@@H]3[C@H]3OC(C)(C)O[C@H]32)[C@@H](O)[C@@H]1O. The number of aliphatic hydroxyl groups is 2. The van der Waals surface area contributed by atoms with E-state index in [9.17, 15) is 20.3 Å². The van der Waals surface area contributed by atoms with Crippen LogP contribution >= 0.6 is 0 Å². The number of nitrogens with zero attached hydrogens (tertiary/aromatic N) is 1. The molecule has 41 heavy (non-hydrogen) atoms. The predicted molar refractivity (Wildman–Crippen MR) is 139 cm³/mol. The van der Waals surface area contributed by atoms with Gasteiger partial charge < -0.3 is 48.7 Å². The fourth-order valence-corrected chi connectivity index (χ4v) is 5.77. The summed E-state index contributed by atoms with van der Waals surface area (Å²) in [6, 6.07) is 9.62. The molecule has 0 saturated carbocycles. The first-order valence-electron chi connectivity index (χ1n) is 13.8. The van der Waals surface area contributed by atoms with Gasteiger partial charge in [0.05, 0.1) is 12.7 Å². The molecule has 1 amide bonds. The lowest BCUT2D eigenvalue weighted by Crippen LogP contribution is -2.66. The Kier molecular flexibility index (Phi) is 8.71. The summed E-state index contributed by atoms with van der Waals surface area (Å²) in [7, 11) is 0. The number of ether oxygens (including phenoxy) is 7. The Labute approximate surface area is 238 Å². The van der Waals surface area contributed by atoms with Crippen LogP contribution in [0.25, 0.3) is 0 Å². The summed E-state index contributed by atoms with van der Waals surface area (Å²) in [5.41, 5.74) is 0.864. The van der Waals surface area contributed by atoms with Gasteiger partial charge in [0.1, 0.15) is 54.8 Å². The number of nitrogens with one attached hydrogen (secondary N) is 2. The molecule has 5 rings (SSSR count). The van der Waals surface area contributed by atoms with Crippen molar-refractivity contribution in [2.24, 2.45) is 0 Å². The Morgan fingerprint density at radius 1 is 1.00 bits per heavy atom. The average Bonchev–Trinajstić information content (AvgIpc) is 3.41. The molecule has 226 valence electrons. The lowest BCUT2D eigenvalue weighted by Gasteiger charge is -2.43. The van der Waals surface area contributed by atoms with Crippen LogP contribution in [0.5, 0.6) is 0 Å². The third-order valence-electron chi connectivity index (χ3n) is 7.53. The largest absolute Gasteiger partial charge is 0.388 e. The summed E-state index contributed by atoms with van der Waals surface area (Å²) in [4.78, 5) is 11.8. The molecule has 4 aliphatic heterocycles. The molecular formula is C28H39N3O10. The summed E-state index contributed by atoms with van der Waals surface area (Å²) in [6.07, 6.45) is -8.16. The molecule has 4 N–H and O–H groups in total. The average molecular weight is 578 g/mol. The number of benzene rings is 1. The van der Waals surface area contributed by atoms with Gasteiger partial charge >= 0.3 is 0 Å². The maximum atomic E-state index is 11.8. The molecule has 4 aliphatic rings. The highest BCUT2D eigenvalue weighted by molar-refractivity contribution is 5.73. The van der Waals surface area contributed by atoms with E-state index >= 15 is 0 Å². The van der Waals surface area contributed by atoms with E-state index in [1.165, 1.54) is 6.92 Å². The first-order valence-corrected chi connectivity index (χ1v) is 13.8. The zero-order valence-electron chi connectivity index (χ0n) is 23.8. The maximum absolute atomic E-state index is 11.8. The minimum absolute atomic E-state index is 0.0487. The predicted octanol–water partition coefficient (Wildman–Crippen LogP) is 0.0329. The van der Waals surface area contributed by atoms with Crippen molar-refractivity contribution in [3.05, 3.63) is 35.9 Å². The molecule has 11 atom stereocenters. The van der Waals surface area contributed by atoms with Gasteiger partial charge in [0.25, 0.3) is 0 Å². The molecule has 0 aliphatic carbocycles. The standard InChI is InChI=1S/C28H39N3O10/c1-14(32)31-18-20(34)19(33)17(36-25(18)35-13-15-9-7-6-8-10-15)12-30-16(11-29)21-22-23(39-27(2,3)38-22)24-26(37-21)41-28(4,5)40-24/h6-10,16-26,30,33-34H,12-13H2,1-5H3,(H,31,32)/t16?,17-,18-,19-,20-,21-,22+,23+,24-,25+,26-/m1/s1. The molecule has 0 bridgehead atoms. The molecule has 4 heterocycles. The van der Waals surface area contributed by atoms with Crippen molar-refractivity contribution in [1.29, 1.82) is 5.26 Å². The van der Waals surface area contributed by atoms with Crippen LogP contribution < -0.4 is 10.6 Å². The van der Waals surface area contributed by atoms with Gasteiger partial charge in [0.2, 0.25) is 5.91 Å². The summed E-state index contributed by atoms with van der Waals surface area (Å²) >= 11 is 0. The zero-order valence-corrected chi connectivity index (χ0v) is 23.8. The number of fused-ring (bicyclic) bond motifs is 3. The topological polar surface area (TPSA) is 170 Å². The number of hydrogen-bond donors (Lipinski definition) is 4. The number of amides is 1. The van der Waals surface area contributed by atoms with Crippen molar-refractivity contribution in [3.8, 4) is 6.07 Å². The second-order valence-electron chi connectivity index (χ2n) is 11.7. The van der Waals surface area contributed by atoms with Gasteiger partial charge in [-0.2, -0.15) is 5.26 Å². The maximum Gasteiger partial charge on any atom is 0.217 e. The van der Waals surface area contributed by atoms with Crippen molar-refractivity contribution in [3.63, 3.8) is 0 Å². The number of carbonyl (C=O) groups is 1. The van der Waals surface area contributed by atoms with Crippen molar-refractivity contribution < 1.29 is 48.2 Å². The summed E-state index contributed by atoms with van der Waals surface area (Å²) in [5, 5.41) is 37.7. The van der Waals surface area contributed by atoms with Gasteiger partial charge in [-0.25, -0.2) is 0 Å². The monoisotopic (exact) mass is 577 g/mol. The highest BCUT2D eigenvalue weighted by Gasteiger charge is 2.62. The molecule has 4 saturated heterocycles. The van der Waals surface area contributed by atoms with E-state index in [4.69, 9.17) is 33.2 Å². The normalized spacial score (nSPS) is 39.8. The lowest BCUT2D eigenvalue weighted by atomic mass is 9.93. The second kappa shape index (κ2) is 11.8. The van der Waals surface area contributed by atoms with Gasteiger partial charge in [0, 0.05) is 13.5 Å². The lowest BCUT2D eigenvalue weighted by molar-refractivity contribution is -0.267. The second-order valence-corrected chi connectivity index (χ2v) is 11.7. The highest BCUT2D eigenvalue weighted by Crippen LogP contribution is 2.44. The van der Waals surface area contributed by atoms with Gasteiger partial charge in [-0.05, 0) is 33.3 Å². The first kappa shape index (κ1) is 30.2. The van der Waals surface area contributed by atoms with Gasteiger partial charge in [-0.15, -0.1) is 0 Å². The summed E-state index contributed by atoms with van der Waals surface area (Å²) < 4.78 is 42.4. The molecule has 1 unspecified atom stereocenters. The Bertz CT molecular complexity index is 1110. The van der Waals surface area contributed by atoms with Crippen molar-refractivity contribution >= 4 is 5.91 Å². The molecule has 13 nitrogen and oxygen atoms in total. The Balaban J connectivity index is 1.28. The van der Waals surface area contributed by atoms with Crippen LogP contribution in [0.2, 0.25) is 0 Å². The van der Waals surface area contributed by atoms with Crippen LogP contribution in [0.4, 0.5) is 0 Å². The van der Waals surface area contributed by atoms with E-state index in [0.717, 1.165) is 5.56 Å². The van der Waals surface area contributed by atoms with E-state index in [0.29, 0.717) is 0 Å². The number of carbonyl (C=O) groups excluding carboxylic acids is 1. The zero-order chi connectivity index (χ0) is 29.5. The van der Waals surface area contributed by atoms with Crippen LogP contribution in [-0.4, -0.2) is 102 Å². The quantitative estimate of drug-likeness (QED) is 0.328. The number of nitriles is 1. The number of hydrogen-bond acceptors (Lipinski definition) is 12. The molecule has 13 heteroatoms. The van der Waals surface area contributed by atoms with E-state index in [2.05, 4.69) is 16.7 Å². The van der Waals surface area contributed by atoms with Gasteiger partial charge in [0.15, 0.2) is 24.2 Å². The van der Waals surface area contributed by atoms with Gasteiger partial charge in [-0.3, -0.25) is 10.1 Å². The number of aliphatic hydroxyl groups excluding tert-OH is 2. The van der Waals surface area contributed by atoms with Crippen molar-refractivity contribution in [2.45, 2.75) is 120 Å². The van der Waals surface area contributed by atoms with Crippen molar-refractivity contribution in [1.82, 2.24) is 10.6 Å². The Morgan fingerprint density at radius 3 is 2.34 bits per heavy atom. The first-order chi connectivity index (χ1) is 19.4. The van der Waals surface area contributed by atoms with E-state index in [1.807, 2.05) is 30.3 Å². The third-order valence-corrected chi connectivity index (χ3v) is 7.53. The summed E-state index contributed by atoms with van der Waals surface area (Å²) in [5.74, 6) is -2.25. The molecule has 0 aromatic heterocycles. The molecule has 1 aromatic carbocycles. The molecular weight excluding hydrogens is 538 g/mol. The Hall–Kier alpha value is -2.22. The fraction of sp³-hybridized carbons (Fsp3) is 0.714. The Morgan fingerprint density at radius 2 is 1.66 bits per heavy atom. The van der Waals surface area contributed by atoms with E-state index in [1.54, 1.807) is 27.7 Å². The van der Waals surface area contributed by atoms with Gasteiger partial charge in [-0.1, -0.05) is 30.3 Å². The van der Waals surface area contributed by atoms with Crippen LogP contribution in [0.15, 0.2) is 30.3 Å². The highest BCUT2D eigenvalue weighted by atomic mass is 16.9. The molecule has 4 fully saturated rings. The summed E-state index contributed by atoms with van der Waals surface area (Å²) in [6.45, 7) is 8.51. The smallest absolute Gasteiger partial charge is 0.217 e. The van der Waals surface area contributed by atoms with Crippen LogP contribution in [-0.2, 0) is 44.6 Å². The van der Waals surface area contributed by atoms with Crippen LogP contribution in [0, 0.1) is 11.3 Å². The minimum atomic E-state index is -1.39.